The second kappa shape index (κ2) is 9.26. The minimum absolute atomic E-state index is 0.0398. The molecule has 1 aromatic carbocycles. The van der Waals surface area contributed by atoms with Gasteiger partial charge in [-0.05, 0) is 54.4 Å². The van der Waals surface area contributed by atoms with Gasteiger partial charge in [-0.25, -0.2) is 0 Å². The molecule has 2 aromatic rings. The molecule has 0 aliphatic carbocycles. The van der Waals surface area contributed by atoms with Gasteiger partial charge in [0.1, 0.15) is 7.85 Å². The van der Waals surface area contributed by atoms with E-state index in [-0.39, 0.29) is 30.2 Å². The van der Waals surface area contributed by atoms with Crippen LogP contribution in [0.5, 0.6) is 0 Å². The normalized spacial score (nSPS) is 19.4. The predicted octanol–water partition coefficient (Wildman–Crippen LogP) is 2.40. The number of nitrogens with zero attached hydrogens (tertiary/aromatic N) is 2. The summed E-state index contributed by atoms with van der Waals surface area (Å²) in [6.07, 6.45) is 4.71. The first kappa shape index (κ1) is 21.6. The zero-order valence-corrected chi connectivity index (χ0v) is 18.5. The van der Waals surface area contributed by atoms with Crippen LogP contribution in [0.4, 0.5) is 5.69 Å². The summed E-state index contributed by atoms with van der Waals surface area (Å²) in [5, 5.41) is 2.92. The van der Waals surface area contributed by atoms with Crippen LogP contribution in [0, 0.1) is 6.92 Å². The van der Waals surface area contributed by atoms with Crippen molar-refractivity contribution in [2.24, 2.45) is 0 Å². The van der Waals surface area contributed by atoms with Crippen LogP contribution in [0.3, 0.4) is 0 Å². The Bertz CT molecular complexity index is 998. The molecule has 2 aliphatic rings. The molecule has 2 radical (unpaired) electrons. The third kappa shape index (κ3) is 4.84. The van der Waals surface area contributed by atoms with E-state index in [0.29, 0.717) is 21.8 Å². The summed E-state index contributed by atoms with van der Waals surface area (Å²) >= 11 is 1.23. The van der Waals surface area contributed by atoms with E-state index in [1.54, 1.807) is 17.0 Å². The Morgan fingerprint density at radius 1 is 1.10 bits per heavy atom. The zero-order chi connectivity index (χ0) is 22.0. The number of hydrogen-bond acceptors (Lipinski definition) is 4. The molecule has 3 amide bonds. The summed E-state index contributed by atoms with van der Waals surface area (Å²) < 4.78 is 0.583. The van der Waals surface area contributed by atoms with Crippen molar-refractivity contribution in [1.29, 1.82) is 0 Å². The van der Waals surface area contributed by atoms with Crippen LogP contribution < -0.4 is 15.0 Å². The molecular weight excluding hydrogens is 409 g/mol. The molecule has 1 atom stereocenters. The third-order valence-corrected chi connectivity index (χ3v) is 6.87. The summed E-state index contributed by atoms with van der Waals surface area (Å²) in [4.78, 5) is 42.1. The quantitative estimate of drug-likeness (QED) is 0.750. The maximum absolute atomic E-state index is 13.0. The fraction of sp³-hybridized carbons (Fsp3) is 0.435. The Hall–Kier alpha value is -2.61. The van der Waals surface area contributed by atoms with Crippen LogP contribution in [0.15, 0.2) is 30.3 Å². The van der Waals surface area contributed by atoms with Crippen molar-refractivity contribution in [3.05, 3.63) is 46.3 Å². The highest BCUT2D eigenvalue weighted by molar-refractivity contribution is 7.21. The Morgan fingerprint density at radius 2 is 1.84 bits per heavy atom. The van der Waals surface area contributed by atoms with Gasteiger partial charge in [0, 0.05) is 37.3 Å². The van der Waals surface area contributed by atoms with Crippen molar-refractivity contribution in [2.45, 2.75) is 45.1 Å². The van der Waals surface area contributed by atoms with Crippen LogP contribution in [0.1, 0.15) is 57.7 Å². The minimum atomic E-state index is -0.262. The number of carbonyl (C=O) groups is 3. The highest BCUT2D eigenvalue weighted by Crippen LogP contribution is 2.26. The standard InChI is InChI=1S/C23H26BN3O3S/c1-15-12-17(6-7-18(15)23(30)26-10-4-2-3-5-11-26)27-14-16(13-21(27)28)25-22(29)19-8-9-20(24)31-19/h6-9,12,16H,2-5,10-11,13-14H2,1H3,(H,25,29). The summed E-state index contributed by atoms with van der Waals surface area (Å²) in [5.74, 6) is -0.183. The van der Waals surface area contributed by atoms with Gasteiger partial charge in [0.05, 0.1) is 10.9 Å². The van der Waals surface area contributed by atoms with Gasteiger partial charge >= 0.3 is 0 Å². The van der Waals surface area contributed by atoms with Gasteiger partial charge in [0.15, 0.2) is 0 Å². The Morgan fingerprint density at radius 3 is 2.48 bits per heavy atom. The number of nitrogens with one attached hydrogen (secondary N) is 1. The molecule has 1 N–H and O–H groups in total. The largest absolute Gasteiger partial charge is 0.346 e. The molecule has 0 saturated carbocycles. The van der Waals surface area contributed by atoms with Crippen LogP contribution in [0.25, 0.3) is 0 Å². The molecule has 0 bridgehead atoms. The van der Waals surface area contributed by atoms with Gasteiger partial charge in [-0.1, -0.05) is 18.9 Å². The number of likely N-dealkylation sites (tertiary alicyclic amines) is 1. The molecular formula is C23H26BN3O3S. The van der Waals surface area contributed by atoms with Crippen molar-refractivity contribution in [3.63, 3.8) is 0 Å². The van der Waals surface area contributed by atoms with Crippen LogP contribution in [-0.2, 0) is 4.79 Å². The van der Waals surface area contributed by atoms with Gasteiger partial charge in [0.2, 0.25) is 5.91 Å². The van der Waals surface area contributed by atoms with E-state index < -0.39 is 0 Å². The van der Waals surface area contributed by atoms with E-state index in [2.05, 4.69) is 5.32 Å². The van der Waals surface area contributed by atoms with Crippen molar-refractivity contribution in [3.8, 4) is 0 Å². The van der Waals surface area contributed by atoms with E-state index in [9.17, 15) is 14.4 Å². The first-order valence-electron chi connectivity index (χ1n) is 10.8. The van der Waals surface area contributed by atoms with Crippen LogP contribution >= 0.6 is 11.3 Å². The number of anilines is 1. The Kier molecular flexibility index (Phi) is 6.46. The second-order valence-electron chi connectivity index (χ2n) is 8.29. The molecule has 8 heteroatoms. The van der Waals surface area contributed by atoms with E-state index >= 15 is 0 Å². The number of thiophene rings is 1. The van der Waals surface area contributed by atoms with Crippen molar-refractivity contribution in [2.75, 3.05) is 24.5 Å². The first-order valence-corrected chi connectivity index (χ1v) is 11.6. The maximum Gasteiger partial charge on any atom is 0.261 e. The van der Waals surface area contributed by atoms with Crippen LogP contribution in [-0.4, -0.2) is 56.1 Å². The molecule has 4 rings (SSSR count). The molecule has 1 aromatic heterocycles. The molecule has 3 heterocycles. The average Bonchev–Trinajstić information content (AvgIpc) is 3.22. The third-order valence-electron chi connectivity index (χ3n) is 5.96. The van der Waals surface area contributed by atoms with Gasteiger partial charge in [-0.2, -0.15) is 0 Å². The molecule has 2 fully saturated rings. The molecule has 160 valence electrons. The van der Waals surface area contributed by atoms with Gasteiger partial charge in [-0.3, -0.25) is 14.4 Å². The number of aryl methyl sites for hydroxylation is 1. The summed E-state index contributed by atoms with van der Waals surface area (Å²) in [6, 6.07) is 8.68. The van der Waals surface area contributed by atoms with E-state index in [1.807, 2.05) is 30.0 Å². The number of benzene rings is 1. The fourth-order valence-electron chi connectivity index (χ4n) is 4.29. The zero-order valence-electron chi connectivity index (χ0n) is 17.7. The summed E-state index contributed by atoms with van der Waals surface area (Å²) in [7, 11) is 5.70. The monoisotopic (exact) mass is 435 g/mol. The lowest BCUT2D eigenvalue weighted by Gasteiger charge is -2.23. The Balaban J connectivity index is 1.43. The number of amides is 3. The summed E-state index contributed by atoms with van der Waals surface area (Å²) in [5.41, 5.74) is 2.31. The van der Waals surface area contributed by atoms with E-state index in [0.717, 1.165) is 37.2 Å². The van der Waals surface area contributed by atoms with Crippen molar-refractivity contribution < 1.29 is 14.4 Å². The lowest BCUT2D eigenvalue weighted by Crippen LogP contribution is -2.37. The van der Waals surface area contributed by atoms with Gasteiger partial charge < -0.3 is 15.1 Å². The van der Waals surface area contributed by atoms with Gasteiger partial charge in [-0.15, -0.1) is 11.3 Å². The lowest BCUT2D eigenvalue weighted by atomic mass is 10.1. The van der Waals surface area contributed by atoms with E-state index in [1.165, 1.54) is 24.2 Å². The number of rotatable bonds is 4. The highest BCUT2D eigenvalue weighted by Gasteiger charge is 2.32. The maximum atomic E-state index is 13.0. The van der Waals surface area contributed by atoms with Gasteiger partial charge in [0.25, 0.3) is 11.8 Å². The molecule has 1 unspecified atom stereocenters. The minimum Gasteiger partial charge on any atom is -0.346 e. The molecule has 6 nitrogen and oxygen atoms in total. The SMILES string of the molecule is [B]c1ccc(C(=O)NC2CC(=O)N(c3ccc(C(=O)N4CCCCCC4)c(C)c3)C2)s1. The topological polar surface area (TPSA) is 69.7 Å². The van der Waals surface area contributed by atoms with E-state index in [4.69, 9.17) is 7.85 Å². The number of carbonyl (C=O) groups excluding carboxylic acids is 3. The Labute approximate surface area is 188 Å². The second-order valence-corrected chi connectivity index (χ2v) is 9.40. The molecule has 2 aliphatic heterocycles. The average molecular weight is 435 g/mol. The predicted molar refractivity (Wildman–Crippen MR) is 123 cm³/mol. The molecule has 2 saturated heterocycles. The number of hydrogen-bond donors (Lipinski definition) is 1. The van der Waals surface area contributed by atoms with Crippen molar-refractivity contribution >= 4 is 47.4 Å². The highest BCUT2D eigenvalue weighted by atomic mass is 32.1. The lowest BCUT2D eigenvalue weighted by molar-refractivity contribution is -0.117. The smallest absolute Gasteiger partial charge is 0.261 e. The molecule has 31 heavy (non-hydrogen) atoms. The summed E-state index contributed by atoms with van der Waals surface area (Å²) in [6.45, 7) is 3.93. The first-order chi connectivity index (χ1) is 14.9. The molecule has 0 spiro atoms. The van der Waals surface area contributed by atoms with Crippen LogP contribution in [0.2, 0.25) is 0 Å². The van der Waals surface area contributed by atoms with Crippen molar-refractivity contribution in [1.82, 2.24) is 10.2 Å². The fourth-order valence-corrected chi connectivity index (χ4v) is 4.96.